The maximum Gasteiger partial charge on any atom is 0.337 e. The molecular formula is C22H25FO3. The van der Waals surface area contributed by atoms with Gasteiger partial charge in [0.25, 0.3) is 0 Å². The fourth-order valence-corrected chi connectivity index (χ4v) is 4.08. The topological polar surface area (TPSA) is 35.5 Å². The van der Waals surface area contributed by atoms with Crippen molar-refractivity contribution >= 4 is 5.97 Å². The van der Waals surface area contributed by atoms with Gasteiger partial charge in [-0.15, -0.1) is 0 Å². The van der Waals surface area contributed by atoms with E-state index in [0.717, 1.165) is 30.4 Å². The van der Waals surface area contributed by atoms with Gasteiger partial charge in [0.15, 0.2) is 0 Å². The first-order valence-electron chi connectivity index (χ1n) is 8.93. The van der Waals surface area contributed by atoms with Crippen molar-refractivity contribution in [1.29, 1.82) is 0 Å². The number of ether oxygens (including phenoxy) is 2. The standard InChI is InChI=1S/C22H25FO3/c1-22(2)11-5-6-19(22)17-12-14(21(24)26-4)7-9-16(17)18-13-15(25-3)8-10-20(18)23/h7-10,12-13,19H,5-6,11H2,1-4H3. The molecule has 0 amide bonds. The average Bonchev–Trinajstić information content (AvgIpc) is 3.00. The zero-order valence-corrected chi connectivity index (χ0v) is 15.8. The molecule has 1 fully saturated rings. The highest BCUT2D eigenvalue weighted by molar-refractivity contribution is 5.90. The molecule has 138 valence electrons. The second-order valence-corrected chi connectivity index (χ2v) is 7.57. The molecule has 3 rings (SSSR count). The van der Waals surface area contributed by atoms with Crippen LogP contribution in [0.2, 0.25) is 0 Å². The molecule has 0 aromatic heterocycles. The highest BCUT2D eigenvalue weighted by Crippen LogP contribution is 2.51. The summed E-state index contributed by atoms with van der Waals surface area (Å²) in [7, 11) is 2.94. The third kappa shape index (κ3) is 3.33. The maximum atomic E-state index is 14.6. The lowest BCUT2D eigenvalue weighted by atomic mass is 9.75. The number of rotatable bonds is 4. The molecule has 2 aromatic carbocycles. The van der Waals surface area contributed by atoms with Gasteiger partial charge in [-0.1, -0.05) is 26.3 Å². The first kappa shape index (κ1) is 18.4. The minimum Gasteiger partial charge on any atom is -0.497 e. The minimum absolute atomic E-state index is 0.0961. The fraction of sp³-hybridized carbons (Fsp3) is 0.409. The van der Waals surface area contributed by atoms with Crippen LogP contribution in [0.25, 0.3) is 11.1 Å². The first-order valence-corrected chi connectivity index (χ1v) is 8.93. The van der Waals surface area contributed by atoms with E-state index in [4.69, 9.17) is 9.47 Å². The van der Waals surface area contributed by atoms with Crippen molar-refractivity contribution < 1.29 is 18.7 Å². The predicted molar refractivity (Wildman–Crippen MR) is 100 cm³/mol. The van der Waals surface area contributed by atoms with Gasteiger partial charge >= 0.3 is 5.97 Å². The summed E-state index contributed by atoms with van der Waals surface area (Å²) in [5.74, 6) is 0.191. The monoisotopic (exact) mass is 356 g/mol. The second kappa shape index (κ2) is 7.10. The number of carbonyl (C=O) groups excluding carboxylic acids is 1. The van der Waals surface area contributed by atoms with Crippen LogP contribution in [-0.2, 0) is 4.74 Å². The van der Waals surface area contributed by atoms with Crippen LogP contribution in [0.4, 0.5) is 4.39 Å². The molecule has 0 spiro atoms. The van der Waals surface area contributed by atoms with E-state index in [1.54, 1.807) is 25.3 Å². The van der Waals surface area contributed by atoms with Gasteiger partial charge in [-0.3, -0.25) is 0 Å². The normalized spacial score (nSPS) is 18.6. The van der Waals surface area contributed by atoms with Crippen molar-refractivity contribution in [2.24, 2.45) is 5.41 Å². The number of methoxy groups -OCH3 is 2. The van der Waals surface area contributed by atoms with E-state index < -0.39 is 0 Å². The van der Waals surface area contributed by atoms with E-state index in [-0.39, 0.29) is 23.1 Å². The molecule has 1 unspecified atom stereocenters. The summed E-state index contributed by atoms with van der Waals surface area (Å²) >= 11 is 0. The van der Waals surface area contributed by atoms with Gasteiger partial charge in [0.1, 0.15) is 11.6 Å². The lowest BCUT2D eigenvalue weighted by Crippen LogP contribution is -2.17. The summed E-state index contributed by atoms with van der Waals surface area (Å²) in [5.41, 5.74) is 2.91. The van der Waals surface area contributed by atoms with E-state index in [1.165, 1.54) is 13.2 Å². The molecule has 1 aliphatic carbocycles. The Morgan fingerprint density at radius 2 is 1.88 bits per heavy atom. The van der Waals surface area contributed by atoms with Crippen molar-refractivity contribution in [2.75, 3.05) is 14.2 Å². The van der Waals surface area contributed by atoms with E-state index in [9.17, 15) is 9.18 Å². The molecule has 0 bridgehead atoms. The molecule has 0 aliphatic heterocycles. The summed E-state index contributed by atoms with van der Waals surface area (Å²) in [5, 5.41) is 0. The first-order chi connectivity index (χ1) is 12.4. The Hall–Kier alpha value is -2.36. The number of esters is 1. The Bertz CT molecular complexity index is 826. The fourth-order valence-electron chi connectivity index (χ4n) is 4.08. The summed E-state index contributed by atoms with van der Waals surface area (Å²) in [6.45, 7) is 4.47. The summed E-state index contributed by atoms with van der Waals surface area (Å²) in [6.07, 6.45) is 3.26. The number of benzene rings is 2. The lowest BCUT2D eigenvalue weighted by Gasteiger charge is -2.29. The number of carbonyl (C=O) groups is 1. The van der Waals surface area contributed by atoms with Crippen LogP contribution >= 0.6 is 0 Å². The Kier molecular flexibility index (Phi) is 5.03. The van der Waals surface area contributed by atoms with Crippen LogP contribution in [0.15, 0.2) is 36.4 Å². The highest BCUT2D eigenvalue weighted by Gasteiger charge is 2.37. The molecular weight excluding hydrogens is 331 g/mol. The molecule has 2 aromatic rings. The van der Waals surface area contributed by atoms with E-state index in [0.29, 0.717) is 16.9 Å². The van der Waals surface area contributed by atoms with Gasteiger partial charge in [0.05, 0.1) is 19.8 Å². The van der Waals surface area contributed by atoms with Gasteiger partial charge in [-0.05, 0) is 65.6 Å². The molecule has 4 heteroatoms. The quantitative estimate of drug-likeness (QED) is 0.671. The molecule has 1 aliphatic rings. The van der Waals surface area contributed by atoms with Crippen LogP contribution in [0.5, 0.6) is 5.75 Å². The van der Waals surface area contributed by atoms with Gasteiger partial charge in [0, 0.05) is 5.56 Å². The smallest absolute Gasteiger partial charge is 0.337 e. The van der Waals surface area contributed by atoms with Gasteiger partial charge in [-0.2, -0.15) is 0 Å². The van der Waals surface area contributed by atoms with Gasteiger partial charge in [0.2, 0.25) is 0 Å². The zero-order valence-electron chi connectivity index (χ0n) is 15.8. The second-order valence-electron chi connectivity index (χ2n) is 7.57. The predicted octanol–water partition coefficient (Wildman–Crippen LogP) is 5.58. The molecule has 3 nitrogen and oxygen atoms in total. The Morgan fingerprint density at radius 1 is 1.12 bits per heavy atom. The van der Waals surface area contributed by atoms with Crippen molar-refractivity contribution in [1.82, 2.24) is 0 Å². The van der Waals surface area contributed by atoms with E-state index >= 15 is 0 Å². The van der Waals surface area contributed by atoms with Crippen molar-refractivity contribution in [3.05, 3.63) is 53.3 Å². The van der Waals surface area contributed by atoms with Crippen LogP contribution in [0.1, 0.15) is 54.9 Å². The zero-order chi connectivity index (χ0) is 18.9. The summed E-state index contributed by atoms with van der Waals surface area (Å²) in [4.78, 5) is 12.0. The molecule has 0 saturated heterocycles. The maximum absolute atomic E-state index is 14.6. The molecule has 0 N–H and O–H groups in total. The van der Waals surface area contributed by atoms with Crippen LogP contribution in [0, 0.1) is 11.2 Å². The molecule has 1 atom stereocenters. The SMILES string of the molecule is COC(=O)c1ccc(-c2cc(OC)ccc2F)c(C2CCCC2(C)C)c1. The number of hydrogen-bond acceptors (Lipinski definition) is 3. The van der Waals surface area contributed by atoms with Gasteiger partial charge in [-0.25, -0.2) is 9.18 Å². The van der Waals surface area contributed by atoms with Gasteiger partial charge < -0.3 is 9.47 Å². The molecule has 1 saturated carbocycles. The molecule has 26 heavy (non-hydrogen) atoms. The van der Waals surface area contributed by atoms with Crippen molar-refractivity contribution in [2.45, 2.75) is 39.0 Å². The van der Waals surface area contributed by atoms with Crippen molar-refractivity contribution in [3.63, 3.8) is 0 Å². The highest BCUT2D eigenvalue weighted by atomic mass is 19.1. The van der Waals surface area contributed by atoms with Crippen LogP contribution in [-0.4, -0.2) is 20.2 Å². The Balaban J connectivity index is 2.20. The molecule has 0 radical (unpaired) electrons. The Morgan fingerprint density at radius 3 is 2.50 bits per heavy atom. The number of hydrogen-bond donors (Lipinski definition) is 0. The summed E-state index contributed by atoms with van der Waals surface area (Å²) in [6, 6.07) is 10.2. The third-order valence-electron chi connectivity index (χ3n) is 5.57. The third-order valence-corrected chi connectivity index (χ3v) is 5.57. The Labute approximate surface area is 154 Å². The molecule has 0 heterocycles. The van der Waals surface area contributed by atoms with Crippen LogP contribution in [0.3, 0.4) is 0 Å². The van der Waals surface area contributed by atoms with Crippen LogP contribution < -0.4 is 4.74 Å². The van der Waals surface area contributed by atoms with E-state index in [2.05, 4.69) is 13.8 Å². The largest absolute Gasteiger partial charge is 0.497 e. The number of halogens is 1. The average molecular weight is 356 g/mol. The van der Waals surface area contributed by atoms with E-state index in [1.807, 2.05) is 12.1 Å². The minimum atomic E-state index is -0.375. The summed E-state index contributed by atoms with van der Waals surface area (Å²) < 4.78 is 24.8. The lowest BCUT2D eigenvalue weighted by molar-refractivity contribution is 0.0600. The van der Waals surface area contributed by atoms with Crippen molar-refractivity contribution in [3.8, 4) is 16.9 Å².